The molecule has 1 aliphatic heterocycles. The fourth-order valence-electron chi connectivity index (χ4n) is 3.90. The van der Waals surface area contributed by atoms with Crippen LogP contribution < -0.4 is 5.32 Å². The van der Waals surface area contributed by atoms with Gasteiger partial charge in [-0.3, -0.25) is 9.69 Å². The number of amides is 1. The van der Waals surface area contributed by atoms with Crippen LogP contribution in [-0.4, -0.2) is 49.2 Å². The summed E-state index contributed by atoms with van der Waals surface area (Å²) in [6, 6.07) is 2.11. The SMILES string of the molecule is O=C(CCc1ccsc1)NCC1(N2CCOCC2)CCCCC1. The second kappa shape index (κ2) is 8.27. The topological polar surface area (TPSA) is 41.6 Å². The summed E-state index contributed by atoms with van der Waals surface area (Å²) in [5.74, 6) is 0.189. The van der Waals surface area contributed by atoms with Gasteiger partial charge >= 0.3 is 0 Å². The summed E-state index contributed by atoms with van der Waals surface area (Å²) in [6.07, 6.45) is 7.74. The van der Waals surface area contributed by atoms with Crippen molar-refractivity contribution in [3.63, 3.8) is 0 Å². The summed E-state index contributed by atoms with van der Waals surface area (Å²) >= 11 is 1.70. The molecule has 3 rings (SSSR count). The van der Waals surface area contributed by atoms with E-state index in [4.69, 9.17) is 4.74 Å². The van der Waals surface area contributed by atoms with Crippen LogP contribution in [0.5, 0.6) is 0 Å². The number of rotatable bonds is 6. The highest BCUT2D eigenvalue weighted by atomic mass is 32.1. The van der Waals surface area contributed by atoms with Gasteiger partial charge < -0.3 is 10.1 Å². The van der Waals surface area contributed by atoms with Gasteiger partial charge in [0, 0.05) is 31.6 Å². The predicted octanol–water partition coefficient (Wildman–Crippen LogP) is 2.83. The van der Waals surface area contributed by atoms with Gasteiger partial charge in [0.15, 0.2) is 0 Å². The van der Waals surface area contributed by atoms with E-state index in [2.05, 4.69) is 27.0 Å². The molecule has 0 radical (unpaired) electrons. The second-order valence-corrected chi connectivity index (χ2v) is 7.57. The lowest BCUT2D eigenvalue weighted by Crippen LogP contribution is -2.59. The second-order valence-electron chi connectivity index (χ2n) is 6.79. The lowest BCUT2D eigenvalue weighted by molar-refractivity contribution is -0.122. The number of morpholine rings is 1. The van der Waals surface area contributed by atoms with Gasteiger partial charge in [0.25, 0.3) is 0 Å². The molecule has 2 heterocycles. The van der Waals surface area contributed by atoms with Crippen molar-refractivity contribution in [3.8, 4) is 0 Å². The van der Waals surface area contributed by atoms with Crippen molar-refractivity contribution < 1.29 is 9.53 Å². The Morgan fingerprint density at radius 1 is 1.26 bits per heavy atom. The average Bonchev–Trinajstić information content (AvgIpc) is 3.13. The fourth-order valence-corrected chi connectivity index (χ4v) is 4.60. The van der Waals surface area contributed by atoms with Crippen molar-refractivity contribution in [1.29, 1.82) is 0 Å². The lowest BCUT2D eigenvalue weighted by atomic mass is 9.79. The van der Waals surface area contributed by atoms with E-state index >= 15 is 0 Å². The molecule has 1 aromatic rings. The van der Waals surface area contributed by atoms with Gasteiger partial charge in [-0.1, -0.05) is 19.3 Å². The Kier molecular flexibility index (Phi) is 6.08. The molecule has 0 bridgehead atoms. The highest BCUT2D eigenvalue weighted by molar-refractivity contribution is 7.07. The summed E-state index contributed by atoms with van der Waals surface area (Å²) in [5, 5.41) is 7.44. The number of hydrogen-bond acceptors (Lipinski definition) is 4. The lowest BCUT2D eigenvalue weighted by Gasteiger charge is -2.48. The standard InChI is InChI=1S/C18H28N2O2S/c21-17(5-4-16-6-13-23-14-16)19-15-18(7-2-1-3-8-18)20-9-11-22-12-10-20/h6,13-14H,1-5,7-12,15H2,(H,19,21). The highest BCUT2D eigenvalue weighted by Gasteiger charge is 2.38. The van der Waals surface area contributed by atoms with E-state index in [9.17, 15) is 4.79 Å². The van der Waals surface area contributed by atoms with E-state index in [1.807, 2.05) is 0 Å². The Bertz CT molecular complexity index is 477. The number of hydrogen-bond donors (Lipinski definition) is 1. The first-order valence-corrected chi connectivity index (χ1v) is 9.83. The number of nitrogens with zero attached hydrogens (tertiary/aromatic N) is 1. The molecule has 5 heteroatoms. The van der Waals surface area contributed by atoms with E-state index in [1.54, 1.807) is 11.3 Å². The van der Waals surface area contributed by atoms with Gasteiger partial charge in [0.1, 0.15) is 0 Å². The van der Waals surface area contributed by atoms with Crippen molar-refractivity contribution in [1.82, 2.24) is 10.2 Å². The van der Waals surface area contributed by atoms with E-state index in [0.29, 0.717) is 6.42 Å². The van der Waals surface area contributed by atoms with Crippen LogP contribution in [0.3, 0.4) is 0 Å². The Hall–Kier alpha value is -0.910. The van der Waals surface area contributed by atoms with Gasteiger partial charge in [0.2, 0.25) is 5.91 Å². The summed E-state index contributed by atoms with van der Waals surface area (Å²) in [5.41, 5.74) is 1.44. The highest BCUT2D eigenvalue weighted by Crippen LogP contribution is 2.33. The molecule has 0 unspecified atom stereocenters. The molecule has 1 aliphatic carbocycles. The largest absolute Gasteiger partial charge is 0.379 e. The number of thiophene rings is 1. The third-order valence-electron chi connectivity index (χ3n) is 5.30. The van der Waals surface area contributed by atoms with Crippen molar-refractivity contribution in [3.05, 3.63) is 22.4 Å². The molecule has 2 aliphatic rings. The van der Waals surface area contributed by atoms with Crippen molar-refractivity contribution in [2.75, 3.05) is 32.8 Å². The molecule has 23 heavy (non-hydrogen) atoms. The zero-order chi connectivity index (χ0) is 16.0. The van der Waals surface area contributed by atoms with Gasteiger partial charge in [-0.05, 0) is 41.7 Å². The normalized spacial score (nSPS) is 21.9. The van der Waals surface area contributed by atoms with Crippen LogP contribution in [-0.2, 0) is 16.0 Å². The maximum atomic E-state index is 12.3. The summed E-state index contributed by atoms with van der Waals surface area (Å²) in [4.78, 5) is 14.8. The number of carbonyl (C=O) groups excluding carboxylic acids is 1. The van der Waals surface area contributed by atoms with Gasteiger partial charge in [-0.15, -0.1) is 0 Å². The van der Waals surface area contributed by atoms with Crippen LogP contribution in [0.15, 0.2) is 16.8 Å². The molecule has 4 nitrogen and oxygen atoms in total. The van der Waals surface area contributed by atoms with Crippen LogP contribution in [0.25, 0.3) is 0 Å². The maximum Gasteiger partial charge on any atom is 0.220 e. The minimum Gasteiger partial charge on any atom is -0.379 e. The molecular formula is C18H28N2O2S. The molecule has 0 atom stereocenters. The van der Waals surface area contributed by atoms with E-state index in [-0.39, 0.29) is 11.4 Å². The van der Waals surface area contributed by atoms with Crippen molar-refractivity contribution in [2.45, 2.75) is 50.5 Å². The zero-order valence-corrected chi connectivity index (χ0v) is 14.7. The molecular weight excluding hydrogens is 308 g/mol. The van der Waals surface area contributed by atoms with Gasteiger partial charge in [-0.2, -0.15) is 11.3 Å². The molecule has 128 valence electrons. The van der Waals surface area contributed by atoms with Gasteiger partial charge in [-0.25, -0.2) is 0 Å². The minimum atomic E-state index is 0.167. The van der Waals surface area contributed by atoms with Crippen molar-refractivity contribution >= 4 is 17.2 Å². The number of ether oxygens (including phenoxy) is 1. The average molecular weight is 337 g/mol. The Balaban J connectivity index is 1.52. The summed E-state index contributed by atoms with van der Waals surface area (Å²) in [7, 11) is 0. The fraction of sp³-hybridized carbons (Fsp3) is 0.722. The van der Waals surface area contributed by atoms with Crippen LogP contribution in [0.1, 0.15) is 44.1 Å². The summed E-state index contributed by atoms with van der Waals surface area (Å²) < 4.78 is 5.51. The Morgan fingerprint density at radius 2 is 2.04 bits per heavy atom. The molecule has 1 aromatic heterocycles. The third kappa shape index (κ3) is 4.55. The molecule has 2 fully saturated rings. The van der Waals surface area contributed by atoms with Crippen LogP contribution in [0, 0.1) is 0 Å². The molecule has 0 spiro atoms. The zero-order valence-electron chi connectivity index (χ0n) is 13.9. The minimum absolute atomic E-state index is 0.167. The van der Waals surface area contributed by atoms with Crippen LogP contribution in [0.2, 0.25) is 0 Å². The Labute approximate surface area is 143 Å². The van der Waals surface area contributed by atoms with Crippen molar-refractivity contribution in [2.24, 2.45) is 0 Å². The summed E-state index contributed by atoms with van der Waals surface area (Å²) in [6.45, 7) is 4.47. The first kappa shape index (κ1) is 16.9. The number of aryl methyl sites for hydroxylation is 1. The first-order chi connectivity index (χ1) is 11.3. The smallest absolute Gasteiger partial charge is 0.220 e. The molecule has 0 aromatic carbocycles. The maximum absolute atomic E-state index is 12.3. The van der Waals surface area contributed by atoms with Crippen LogP contribution >= 0.6 is 11.3 Å². The molecule has 1 saturated carbocycles. The van der Waals surface area contributed by atoms with Gasteiger partial charge in [0.05, 0.1) is 13.2 Å². The third-order valence-corrected chi connectivity index (χ3v) is 6.03. The predicted molar refractivity (Wildman–Crippen MR) is 93.9 cm³/mol. The quantitative estimate of drug-likeness (QED) is 0.868. The van der Waals surface area contributed by atoms with Crippen LogP contribution in [0.4, 0.5) is 0 Å². The Morgan fingerprint density at radius 3 is 2.74 bits per heavy atom. The molecule has 1 amide bonds. The monoisotopic (exact) mass is 336 g/mol. The van der Waals surface area contributed by atoms with E-state index in [0.717, 1.165) is 39.3 Å². The van der Waals surface area contributed by atoms with E-state index < -0.39 is 0 Å². The number of carbonyl (C=O) groups is 1. The number of nitrogens with one attached hydrogen (secondary N) is 1. The molecule has 1 N–H and O–H groups in total. The first-order valence-electron chi connectivity index (χ1n) is 8.89. The molecule has 1 saturated heterocycles. The van der Waals surface area contributed by atoms with E-state index in [1.165, 1.54) is 37.7 Å².